The van der Waals surface area contributed by atoms with Crippen LogP contribution in [0.4, 0.5) is 10.5 Å². The molecule has 20 heavy (non-hydrogen) atoms. The molecule has 1 unspecified atom stereocenters. The van der Waals surface area contributed by atoms with Crippen LogP contribution in [-0.2, 0) is 19.2 Å². The number of ether oxygens (including phenoxy) is 1. The van der Waals surface area contributed by atoms with Gasteiger partial charge in [-0.25, -0.2) is 4.79 Å². The number of nitrogens with one attached hydrogen (secondary N) is 1. The van der Waals surface area contributed by atoms with Gasteiger partial charge in [0.25, 0.3) is 0 Å². The number of benzene rings is 1. The number of amides is 1. The molecular formula is C12H14N2O5S. The van der Waals surface area contributed by atoms with Gasteiger partial charge in [-0.15, -0.1) is 0 Å². The summed E-state index contributed by atoms with van der Waals surface area (Å²) in [6, 6.07) is 6.88. The molecule has 0 radical (unpaired) electrons. The van der Waals surface area contributed by atoms with Crippen LogP contribution in [0.5, 0.6) is 0 Å². The first kappa shape index (κ1) is 13.3. The molecule has 8 heteroatoms. The van der Waals surface area contributed by atoms with E-state index in [1.54, 1.807) is 24.3 Å². The van der Waals surface area contributed by atoms with Crippen LogP contribution in [0.25, 0.3) is 0 Å². The standard InChI is InChI=1S/C12H14N2O5S/c15-12-14(6-8-18-12)10-3-1-9(2-4-10)11-5-7-19-20(16,17)13-11/h1-4,11,13H,5-8H2. The Morgan fingerprint density at radius 2 is 1.95 bits per heavy atom. The highest BCUT2D eigenvalue weighted by Crippen LogP contribution is 2.25. The first-order valence-electron chi connectivity index (χ1n) is 6.26. The first-order valence-corrected chi connectivity index (χ1v) is 7.67. The molecule has 1 N–H and O–H groups in total. The van der Waals surface area contributed by atoms with Crippen LogP contribution in [0.15, 0.2) is 24.3 Å². The van der Waals surface area contributed by atoms with E-state index < -0.39 is 10.3 Å². The molecule has 2 saturated heterocycles. The van der Waals surface area contributed by atoms with Gasteiger partial charge in [0.1, 0.15) is 6.61 Å². The van der Waals surface area contributed by atoms with Crippen molar-refractivity contribution >= 4 is 22.1 Å². The van der Waals surface area contributed by atoms with Gasteiger partial charge in [-0.2, -0.15) is 13.1 Å². The fourth-order valence-corrected chi connectivity index (χ4v) is 3.28. The van der Waals surface area contributed by atoms with E-state index in [1.165, 1.54) is 4.90 Å². The van der Waals surface area contributed by atoms with Crippen molar-refractivity contribution in [2.45, 2.75) is 12.5 Å². The molecule has 2 aliphatic heterocycles. The van der Waals surface area contributed by atoms with Crippen LogP contribution in [0, 0.1) is 0 Å². The summed E-state index contributed by atoms with van der Waals surface area (Å²) in [6.07, 6.45) is 0.217. The second-order valence-electron chi connectivity index (χ2n) is 4.59. The molecule has 1 aromatic carbocycles. The van der Waals surface area contributed by atoms with Gasteiger partial charge >= 0.3 is 16.4 Å². The lowest BCUT2D eigenvalue weighted by atomic mass is 10.0. The summed E-state index contributed by atoms with van der Waals surface area (Å²) in [7, 11) is -3.65. The zero-order chi connectivity index (χ0) is 14.2. The highest BCUT2D eigenvalue weighted by molar-refractivity contribution is 7.84. The maximum Gasteiger partial charge on any atom is 0.414 e. The average Bonchev–Trinajstić information content (AvgIpc) is 2.84. The van der Waals surface area contributed by atoms with E-state index in [9.17, 15) is 13.2 Å². The average molecular weight is 298 g/mol. The van der Waals surface area contributed by atoms with E-state index in [4.69, 9.17) is 4.74 Å². The van der Waals surface area contributed by atoms with Crippen LogP contribution < -0.4 is 9.62 Å². The fourth-order valence-electron chi connectivity index (χ4n) is 2.29. The molecule has 108 valence electrons. The Hall–Kier alpha value is -1.64. The lowest BCUT2D eigenvalue weighted by molar-refractivity contribution is 0.181. The van der Waals surface area contributed by atoms with Crippen LogP contribution in [-0.4, -0.2) is 34.3 Å². The predicted molar refractivity (Wildman–Crippen MR) is 70.5 cm³/mol. The maximum absolute atomic E-state index is 11.4. The SMILES string of the molecule is O=C1OCCN1c1ccc(C2CCOS(=O)(=O)N2)cc1. The Morgan fingerprint density at radius 1 is 1.20 bits per heavy atom. The predicted octanol–water partition coefficient (Wildman–Crippen LogP) is 0.939. The van der Waals surface area contributed by atoms with Crippen LogP contribution in [0.2, 0.25) is 0 Å². The van der Waals surface area contributed by atoms with E-state index in [1.807, 2.05) is 0 Å². The van der Waals surface area contributed by atoms with E-state index in [0.29, 0.717) is 19.6 Å². The normalized spacial score (nSPS) is 25.5. The molecule has 0 aromatic heterocycles. The van der Waals surface area contributed by atoms with Crippen molar-refractivity contribution < 1.29 is 22.1 Å². The van der Waals surface area contributed by atoms with E-state index >= 15 is 0 Å². The Labute approximate surface area is 116 Å². The molecule has 1 atom stereocenters. The van der Waals surface area contributed by atoms with Crippen molar-refractivity contribution in [2.75, 3.05) is 24.7 Å². The third kappa shape index (κ3) is 2.62. The number of cyclic esters (lactones) is 1. The number of nitrogens with zero attached hydrogens (tertiary/aromatic N) is 1. The van der Waals surface area contributed by atoms with Crippen LogP contribution >= 0.6 is 0 Å². The summed E-state index contributed by atoms with van der Waals surface area (Å²) in [5.74, 6) is 0. The minimum Gasteiger partial charge on any atom is -0.447 e. The van der Waals surface area contributed by atoms with E-state index in [2.05, 4.69) is 8.91 Å². The molecule has 2 aliphatic rings. The Morgan fingerprint density at radius 3 is 2.55 bits per heavy atom. The van der Waals surface area contributed by atoms with E-state index in [-0.39, 0.29) is 18.7 Å². The molecule has 0 spiro atoms. The lowest BCUT2D eigenvalue weighted by Gasteiger charge is -2.24. The second kappa shape index (κ2) is 5.04. The number of carbonyl (C=O) groups excluding carboxylic acids is 1. The molecule has 2 heterocycles. The second-order valence-corrected chi connectivity index (χ2v) is 5.97. The molecule has 0 aliphatic carbocycles. The summed E-state index contributed by atoms with van der Waals surface area (Å²) in [6.45, 7) is 1.09. The monoisotopic (exact) mass is 298 g/mol. The van der Waals surface area contributed by atoms with Gasteiger partial charge in [-0.3, -0.25) is 9.08 Å². The lowest BCUT2D eigenvalue weighted by Crippen LogP contribution is -2.36. The third-order valence-corrected chi connectivity index (χ3v) is 4.35. The van der Waals surface area contributed by atoms with Crippen molar-refractivity contribution in [3.05, 3.63) is 29.8 Å². The minimum absolute atomic E-state index is 0.167. The number of anilines is 1. The quantitative estimate of drug-likeness (QED) is 0.878. The Bertz CT molecular complexity index is 613. The molecule has 0 saturated carbocycles. The number of hydrogen-bond donors (Lipinski definition) is 1. The molecule has 1 amide bonds. The van der Waals surface area contributed by atoms with Gasteiger partial charge in [-0.05, 0) is 24.1 Å². The largest absolute Gasteiger partial charge is 0.447 e. The maximum atomic E-state index is 11.4. The first-order chi connectivity index (χ1) is 9.55. The van der Waals surface area contributed by atoms with Crippen molar-refractivity contribution in [3.63, 3.8) is 0 Å². The highest BCUT2D eigenvalue weighted by atomic mass is 32.2. The highest BCUT2D eigenvalue weighted by Gasteiger charge is 2.27. The zero-order valence-electron chi connectivity index (χ0n) is 10.6. The van der Waals surface area contributed by atoms with Gasteiger partial charge < -0.3 is 4.74 Å². The van der Waals surface area contributed by atoms with Gasteiger partial charge in [-0.1, -0.05) is 12.1 Å². The van der Waals surface area contributed by atoms with Gasteiger partial charge in [0.15, 0.2) is 0 Å². The summed E-state index contributed by atoms with van der Waals surface area (Å²) in [5, 5.41) is 0. The Kier molecular flexibility index (Phi) is 3.36. The van der Waals surface area contributed by atoms with Crippen molar-refractivity contribution in [1.29, 1.82) is 0 Å². The molecule has 3 rings (SSSR count). The number of carbonyl (C=O) groups is 1. The Balaban J connectivity index is 1.77. The summed E-state index contributed by atoms with van der Waals surface area (Å²) >= 11 is 0. The summed E-state index contributed by atoms with van der Waals surface area (Å²) in [4.78, 5) is 13.0. The molecular weight excluding hydrogens is 284 g/mol. The van der Waals surface area contributed by atoms with Crippen molar-refractivity contribution in [3.8, 4) is 0 Å². The molecule has 7 nitrogen and oxygen atoms in total. The third-order valence-electron chi connectivity index (χ3n) is 3.30. The fraction of sp³-hybridized carbons (Fsp3) is 0.417. The topological polar surface area (TPSA) is 84.9 Å². The number of rotatable bonds is 2. The molecule has 1 aromatic rings. The van der Waals surface area contributed by atoms with Crippen LogP contribution in [0.1, 0.15) is 18.0 Å². The van der Waals surface area contributed by atoms with E-state index in [0.717, 1.165) is 11.3 Å². The molecule has 0 bridgehead atoms. The van der Waals surface area contributed by atoms with Gasteiger partial charge in [0.2, 0.25) is 0 Å². The minimum atomic E-state index is -3.65. The van der Waals surface area contributed by atoms with Crippen molar-refractivity contribution in [2.24, 2.45) is 0 Å². The van der Waals surface area contributed by atoms with Gasteiger partial charge in [0.05, 0.1) is 19.2 Å². The van der Waals surface area contributed by atoms with Crippen molar-refractivity contribution in [1.82, 2.24) is 4.72 Å². The summed E-state index contributed by atoms with van der Waals surface area (Å²) < 4.78 is 34.7. The number of hydrogen-bond acceptors (Lipinski definition) is 5. The summed E-state index contributed by atoms with van der Waals surface area (Å²) in [5.41, 5.74) is 1.58. The smallest absolute Gasteiger partial charge is 0.414 e. The van der Waals surface area contributed by atoms with Crippen LogP contribution in [0.3, 0.4) is 0 Å². The zero-order valence-corrected chi connectivity index (χ0v) is 11.4. The molecule has 2 fully saturated rings. The van der Waals surface area contributed by atoms with Gasteiger partial charge in [0, 0.05) is 5.69 Å².